The molecule has 0 saturated carbocycles. The van der Waals surface area contributed by atoms with Gasteiger partial charge in [-0.05, 0) is 25.0 Å². The number of imide groups is 1. The van der Waals surface area contributed by atoms with Gasteiger partial charge in [0.2, 0.25) is 0 Å². The number of hydrogen-bond acceptors (Lipinski definition) is 5. The molecule has 0 radical (unpaired) electrons. The van der Waals surface area contributed by atoms with Gasteiger partial charge in [-0.1, -0.05) is 31.4 Å². The molecule has 0 bridgehead atoms. The number of esters is 1. The van der Waals surface area contributed by atoms with Gasteiger partial charge in [-0.25, -0.2) is 0 Å². The van der Waals surface area contributed by atoms with E-state index in [9.17, 15) is 19.2 Å². The summed E-state index contributed by atoms with van der Waals surface area (Å²) in [5.41, 5.74) is 0.700. The van der Waals surface area contributed by atoms with Crippen LogP contribution in [-0.2, 0) is 14.3 Å². The highest BCUT2D eigenvalue weighted by Crippen LogP contribution is 2.22. The van der Waals surface area contributed by atoms with Crippen molar-refractivity contribution in [1.29, 1.82) is 0 Å². The van der Waals surface area contributed by atoms with E-state index in [1.54, 1.807) is 29.2 Å². The maximum absolute atomic E-state index is 12.2. The van der Waals surface area contributed by atoms with Crippen LogP contribution in [0.4, 0.5) is 0 Å². The first-order chi connectivity index (χ1) is 13.1. The summed E-state index contributed by atoms with van der Waals surface area (Å²) in [6.45, 7) is 1.06. The number of hydrogen-bond donors (Lipinski definition) is 0. The molecule has 1 aromatic rings. The van der Waals surface area contributed by atoms with Crippen LogP contribution >= 0.6 is 0 Å². The Bertz CT molecular complexity index is 703. The number of nitrogens with zero attached hydrogens (tertiary/aromatic N) is 2. The first kappa shape index (κ1) is 19.1. The molecule has 2 aliphatic heterocycles. The van der Waals surface area contributed by atoms with Gasteiger partial charge in [0.25, 0.3) is 17.7 Å². The van der Waals surface area contributed by atoms with Gasteiger partial charge in [0.15, 0.2) is 6.61 Å². The number of fused-ring (bicyclic) bond motifs is 1. The fraction of sp³-hybridized carbons (Fsp3) is 0.500. The second-order valence-electron chi connectivity index (χ2n) is 6.87. The van der Waals surface area contributed by atoms with Gasteiger partial charge < -0.3 is 9.64 Å². The van der Waals surface area contributed by atoms with E-state index in [-0.39, 0.29) is 25.5 Å². The Balaban J connectivity index is 1.44. The highest BCUT2D eigenvalue weighted by atomic mass is 16.5. The van der Waals surface area contributed by atoms with E-state index in [0.717, 1.165) is 30.6 Å². The molecule has 7 nitrogen and oxygen atoms in total. The number of ether oxygens (including phenoxy) is 1. The van der Waals surface area contributed by atoms with E-state index in [1.807, 2.05) is 0 Å². The van der Waals surface area contributed by atoms with E-state index >= 15 is 0 Å². The minimum absolute atomic E-state index is 0.0525. The summed E-state index contributed by atoms with van der Waals surface area (Å²) < 4.78 is 5.06. The standard InChI is InChI=1S/C20H24N2O5/c23-17(21-11-6-2-1-3-7-12-21)14-27-18(24)10-13-22-19(25)15-8-4-5-9-16(15)20(22)26/h4-5,8-9H,1-3,6-7,10-14H2. The average molecular weight is 372 g/mol. The van der Waals surface area contributed by atoms with Crippen molar-refractivity contribution in [2.45, 2.75) is 38.5 Å². The number of amides is 3. The second kappa shape index (κ2) is 8.79. The third kappa shape index (κ3) is 4.53. The second-order valence-corrected chi connectivity index (χ2v) is 6.87. The molecular weight excluding hydrogens is 348 g/mol. The van der Waals surface area contributed by atoms with Crippen molar-refractivity contribution in [2.75, 3.05) is 26.2 Å². The van der Waals surface area contributed by atoms with Crippen molar-refractivity contribution >= 4 is 23.7 Å². The van der Waals surface area contributed by atoms with E-state index < -0.39 is 17.8 Å². The molecule has 0 atom stereocenters. The monoisotopic (exact) mass is 372 g/mol. The van der Waals surface area contributed by atoms with Crippen molar-refractivity contribution in [3.05, 3.63) is 35.4 Å². The number of carbonyl (C=O) groups excluding carboxylic acids is 4. The lowest BCUT2D eigenvalue weighted by atomic mass is 10.1. The van der Waals surface area contributed by atoms with Crippen LogP contribution in [0.3, 0.4) is 0 Å². The summed E-state index contributed by atoms with van der Waals surface area (Å²) in [4.78, 5) is 51.4. The first-order valence-electron chi connectivity index (χ1n) is 9.46. The van der Waals surface area contributed by atoms with E-state index in [0.29, 0.717) is 24.2 Å². The molecule has 0 spiro atoms. The average Bonchev–Trinajstić information content (AvgIpc) is 2.89. The van der Waals surface area contributed by atoms with Gasteiger partial charge >= 0.3 is 5.97 Å². The molecule has 1 fully saturated rings. The summed E-state index contributed by atoms with van der Waals surface area (Å²) in [5.74, 6) is -1.59. The number of carbonyl (C=O) groups is 4. The van der Waals surface area contributed by atoms with Crippen LogP contribution < -0.4 is 0 Å². The van der Waals surface area contributed by atoms with Gasteiger partial charge in [-0.2, -0.15) is 0 Å². The van der Waals surface area contributed by atoms with Crippen LogP contribution in [0, 0.1) is 0 Å². The number of likely N-dealkylation sites (tertiary alicyclic amines) is 1. The predicted octanol–water partition coefficient (Wildman–Crippen LogP) is 2.01. The maximum Gasteiger partial charge on any atom is 0.308 e. The van der Waals surface area contributed by atoms with Crippen LogP contribution in [0.1, 0.15) is 59.2 Å². The maximum atomic E-state index is 12.2. The Morgan fingerprint density at radius 3 is 2.04 bits per heavy atom. The molecule has 0 aromatic heterocycles. The largest absolute Gasteiger partial charge is 0.456 e. The fourth-order valence-corrected chi connectivity index (χ4v) is 3.45. The Labute approximate surface area is 158 Å². The molecule has 2 aliphatic rings. The lowest BCUT2D eigenvalue weighted by molar-refractivity contribution is -0.152. The van der Waals surface area contributed by atoms with Gasteiger partial charge in [-0.3, -0.25) is 24.1 Å². The number of benzene rings is 1. The fourth-order valence-electron chi connectivity index (χ4n) is 3.45. The van der Waals surface area contributed by atoms with Crippen molar-refractivity contribution in [3.8, 4) is 0 Å². The van der Waals surface area contributed by atoms with Gasteiger partial charge in [0.1, 0.15) is 0 Å². The van der Waals surface area contributed by atoms with E-state index in [1.165, 1.54) is 6.42 Å². The smallest absolute Gasteiger partial charge is 0.308 e. The van der Waals surface area contributed by atoms with Gasteiger partial charge in [0.05, 0.1) is 17.5 Å². The molecule has 3 amide bonds. The highest BCUT2D eigenvalue weighted by molar-refractivity contribution is 6.21. The molecule has 1 aromatic carbocycles. The van der Waals surface area contributed by atoms with Crippen LogP contribution in [0.15, 0.2) is 24.3 Å². The summed E-state index contributed by atoms with van der Waals surface area (Å²) in [6.07, 6.45) is 5.25. The topological polar surface area (TPSA) is 84.0 Å². The van der Waals surface area contributed by atoms with Gasteiger partial charge in [-0.15, -0.1) is 0 Å². The van der Waals surface area contributed by atoms with Crippen LogP contribution in [0.5, 0.6) is 0 Å². The lowest BCUT2D eigenvalue weighted by Gasteiger charge is -2.24. The molecule has 27 heavy (non-hydrogen) atoms. The zero-order valence-electron chi connectivity index (χ0n) is 15.3. The highest BCUT2D eigenvalue weighted by Gasteiger charge is 2.35. The molecule has 1 saturated heterocycles. The minimum Gasteiger partial charge on any atom is -0.456 e. The summed E-state index contributed by atoms with van der Waals surface area (Å²) >= 11 is 0. The Morgan fingerprint density at radius 2 is 1.44 bits per heavy atom. The van der Waals surface area contributed by atoms with Gasteiger partial charge in [0, 0.05) is 19.6 Å². The Kier molecular flexibility index (Phi) is 6.21. The SMILES string of the molecule is O=C(CCN1C(=O)c2ccccc2C1=O)OCC(=O)N1CCCCCCC1. The Hall–Kier alpha value is -2.70. The minimum atomic E-state index is -0.591. The summed E-state index contributed by atoms with van der Waals surface area (Å²) in [6, 6.07) is 6.57. The normalized spacial score (nSPS) is 17.3. The Morgan fingerprint density at radius 1 is 0.889 bits per heavy atom. The summed E-state index contributed by atoms with van der Waals surface area (Å²) in [5, 5.41) is 0. The van der Waals surface area contributed by atoms with E-state index in [4.69, 9.17) is 4.74 Å². The van der Waals surface area contributed by atoms with E-state index in [2.05, 4.69) is 0 Å². The first-order valence-corrected chi connectivity index (χ1v) is 9.46. The predicted molar refractivity (Wildman–Crippen MR) is 97.1 cm³/mol. The van der Waals surface area contributed by atoms with Crippen LogP contribution in [-0.4, -0.2) is 59.7 Å². The summed E-state index contributed by atoms with van der Waals surface area (Å²) in [7, 11) is 0. The quantitative estimate of drug-likeness (QED) is 0.583. The molecule has 2 heterocycles. The molecule has 3 rings (SSSR count). The molecular formula is C20H24N2O5. The zero-order valence-corrected chi connectivity index (χ0v) is 15.3. The number of rotatable bonds is 5. The third-order valence-corrected chi connectivity index (χ3v) is 4.98. The molecule has 7 heteroatoms. The van der Waals surface area contributed by atoms with Crippen molar-refractivity contribution in [1.82, 2.24) is 9.80 Å². The molecule has 0 N–H and O–H groups in total. The molecule has 0 aliphatic carbocycles. The molecule has 0 unspecified atom stereocenters. The lowest BCUT2D eigenvalue weighted by Crippen LogP contribution is -2.37. The van der Waals surface area contributed by atoms with Crippen molar-refractivity contribution < 1.29 is 23.9 Å². The zero-order chi connectivity index (χ0) is 19.2. The van der Waals surface area contributed by atoms with Crippen molar-refractivity contribution in [3.63, 3.8) is 0 Å². The van der Waals surface area contributed by atoms with Crippen LogP contribution in [0.25, 0.3) is 0 Å². The third-order valence-electron chi connectivity index (χ3n) is 4.98. The van der Waals surface area contributed by atoms with Crippen LogP contribution in [0.2, 0.25) is 0 Å². The molecule has 144 valence electrons. The van der Waals surface area contributed by atoms with Crippen molar-refractivity contribution in [2.24, 2.45) is 0 Å².